The topological polar surface area (TPSA) is 146 Å². The number of nitrogen functional groups attached to an aromatic ring is 1. The van der Waals surface area contributed by atoms with Crippen LogP contribution in [0.25, 0.3) is 22.3 Å². The van der Waals surface area contributed by atoms with E-state index in [1.807, 2.05) is 0 Å². The smallest absolute Gasteiger partial charge is 0.246 e. The molecule has 0 aliphatic carbocycles. The van der Waals surface area contributed by atoms with E-state index >= 15 is 0 Å². The van der Waals surface area contributed by atoms with E-state index in [0.29, 0.717) is 27.9 Å². The maximum atomic E-state index is 11.5. The molecule has 1 aromatic carbocycles. The van der Waals surface area contributed by atoms with Gasteiger partial charge in [0.15, 0.2) is 0 Å². The molecule has 0 saturated heterocycles. The number of hydrogen-bond donors (Lipinski definition) is 1. The predicted octanol–water partition coefficient (Wildman–Crippen LogP) is 0.990. The van der Waals surface area contributed by atoms with Gasteiger partial charge in [0.2, 0.25) is 30.0 Å². The lowest BCUT2D eigenvalue weighted by molar-refractivity contribution is 0.591. The van der Waals surface area contributed by atoms with Gasteiger partial charge < -0.3 is 5.73 Å². The second-order valence-electron chi connectivity index (χ2n) is 5.90. The summed E-state index contributed by atoms with van der Waals surface area (Å²) in [6.07, 6.45) is 7.63. The summed E-state index contributed by atoms with van der Waals surface area (Å²) in [7, 11) is -6.98. The minimum absolute atomic E-state index is 0.264. The molecule has 0 spiro atoms. The molecule has 0 amide bonds. The average Bonchev–Trinajstić information content (AvgIpc) is 2.60. The Morgan fingerprint density at radius 1 is 0.630 bits per heavy atom. The number of benzene rings is 1. The highest BCUT2D eigenvalue weighted by Gasteiger charge is 2.13. The van der Waals surface area contributed by atoms with Gasteiger partial charge in [0.25, 0.3) is 0 Å². The number of sulfone groups is 2. The molecule has 0 unspecified atom stereocenters. The summed E-state index contributed by atoms with van der Waals surface area (Å²) in [5, 5.41) is -0.528. The van der Waals surface area contributed by atoms with E-state index in [1.165, 1.54) is 24.8 Å². The summed E-state index contributed by atoms with van der Waals surface area (Å²) in [4.78, 5) is 15.5. The van der Waals surface area contributed by atoms with Crippen LogP contribution in [0.4, 0.5) is 5.69 Å². The number of nitrogens with two attached hydrogens (primary N) is 1. The Labute approximate surface area is 156 Å². The van der Waals surface area contributed by atoms with E-state index in [9.17, 15) is 16.8 Å². The van der Waals surface area contributed by atoms with Gasteiger partial charge in [-0.05, 0) is 29.3 Å². The van der Waals surface area contributed by atoms with E-state index in [2.05, 4.69) is 19.9 Å². The van der Waals surface area contributed by atoms with Gasteiger partial charge in [-0.3, -0.25) is 0 Å². The van der Waals surface area contributed by atoms with Gasteiger partial charge in [-0.25, -0.2) is 36.8 Å². The number of nitrogens with zero attached hydrogens (tertiary/aromatic N) is 4. The molecular formula is C16H15N5O4S2. The molecular weight excluding hydrogens is 390 g/mol. The molecule has 0 fully saturated rings. The molecule has 11 heteroatoms. The predicted molar refractivity (Wildman–Crippen MR) is 99.1 cm³/mol. The fourth-order valence-corrected chi connectivity index (χ4v) is 3.28. The van der Waals surface area contributed by atoms with Crippen molar-refractivity contribution < 1.29 is 16.8 Å². The van der Waals surface area contributed by atoms with E-state index in [4.69, 9.17) is 5.73 Å². The van der Waals surface area contributed by atoms with Crippen LogP contribution in [0.15, 0.2) is 53.3 Å². The second-order valence-corrected chi connectivity index (χ2v) is 9.72. The first-order valence-corrected chi connectivity index (χ1v) is 11.3. The molecule has 0 aliphatic rings. The maximum Gasteiger partial charge on any atom is 0.246 e. The van der Waals surface area contributed by atoms with Crippen molar-refractivity contribution in [2.24, 2.45) is 0 Å². The van der Waals surface area contributed by atoms with Gasteiger partial charge in [0, 0.05) is 54.1 Å². The third kappa shape index (κ3) is 4.26. The largest absolute Gasteiger partial charge is 0.399 e. The van der Waals surface area contributed by atoms with Gasteiger partial charge in [-0.2, -0.15) is 0 Å². The molecule has 27 heavy (non-hydrogen) atoms. The molecule has 2 N–H and O–H groups in total. The Morgan fingerprint density at radius 2 is 0.963 bits per heavy atom. The summed E-state index contributed by atoms with van der Waals surface area (Å²) in [6.45, 7) is 0. The Kier molecular flexibility index (Phi) is 4.66. The maximum absolute atomic E-state index is 11.5. The Morgan fingerprint density at radius 3 is 1.26 bits per heavy atom. The zero-order valence-corrected chi connectivity index (χ0v) is 16.0. The first kappa shape index (κ1) is 18.9. The van der Waals surface area contributed by atoms with E-state index in [0.717, 1.165) is 12.5 Å². The van der Waals surface area contributed by atoms with Crippen LogP contribution in [0.5, 0.6) is 0 Å². The van der Waals surface area contributed by atoms with Crippen LogP contribution in [0, 0.1) is 0 Å². The fraction of sp³-hybridized carbons (Fsp3) is 0.125. The quantitative estimate of drug-likeness (QED) is 0.496. The Bertz CT molecular complexity index is 1110. The highest BCUT2D eigenvalue weighted by Crippen LogP contribution is 2.28. The molecule has 3 aromatic rings. The van der Waals surface area contributed by atoms with Crippen molar-refractivity contribution in [3.8, 4) is 22.3 Å². The van der Waals surface area contributed by atoms with Crippen molar-refractivity contribution in [2.75, 3.05) is 18.2 Å². The highest BCUT2D eigenvalue weighted by atomic mass is 32.2. The minimum atomic E-state index is -3.49. The molecule has 3 rings (SSSR count). The first-order chi connectivity index (χ1) is 12.5. The Hall–Kier alpha value is -2.92. The summed E-state index contributed by atoms with van der Waals surface area (Å²) in [5.41, 5.74) is 8.88. The van der Waals surface area contributed by atoms with Crippen LogP contribution >= 0.6 is 0 Å². The van der Waals surface area contributed by atoms with Crippen LogP contribution in [0.2, 0.25) is 0 Å². The van der Waals surface area contributed by atoms with E-state index in [-0.39, 0.29) is 10.3 Å². The van der Waals surface area contributed by atoms with Crippen molar-refractivity contribution in [3.05, 3.63) is 43.0 Å². The molecule has 0 bridgehead atoms. The summed E-state index contributed by atoms with van der Waals surface area (Å²) >= 11 is 0. The van der Waals surface area contributed by atoms with Gasteiger partial charge >= 0.3 is 0 Å². The average molecular weight is 405 g/mol. The third-order valence-corrected chi connectivity index (χ3v) is 5.29. The molecule has 0 saturated carbocycles. The first-order valence-electron chi connectivity index (χ1n) is 7.49. The number of rotatable bonds is 4. The highest BCUT2D eigenvalue weighted by molar-refractivity contribution is 7.90. The van der Waals surface area contributed by atoms with Crippen molar-refractivity contribution in [3.63, 3.8) is 0 Å². The summed E-state index contributed by atoms with van der Waals surface area (Å²) in [5.74, 6) is 0. The summed E-state index contributed by atoms with van der Waals surface area (Å²) in [6, 6.07) is 5.15. The lowest BCUT2D eigenvalue weighted by Gasteiger charge is -2.08. The fourth-order valence-electron chi connectivity index (χ4n) is 2.30. The van der Waals surface area contributed by atoms with Crippen molar-refractivity contribution in [1.82, 2.24) is 19.9 Å². The second kappa shape index (κ2) is 6.67. The molecule has 0 atom stereocenters. The Balaban J connectivity index is 2.02. The normalized spacial score (nSPS) is 12.1. The van der Waals surface area contributed by atoms with Gasteiger partial charge in [-0.1, -0.05) is 0 Å². The van der Waals surface area contributed by atoms with Crippen LogP contribution in [0.1, 0.15) is 0 Å². The van der Waals surface area contributed by atoms with Crippen molar-refractivity contribution in [1.29, 1.82) is 0 Å². The van der Waals surface area contributed by atoms with Gasteiger partial charge in [0.05, 0.1) is 0 Å². The minimum Gasteiger partial charge on any atom is -0.399 e. The molecule has 0 aliphatic heterocycles. The zero-order chi connectivity index (χ0) is 19.8. The van der Waals surface area contributed by atoms with Gasteiger partial charge in [0.1, 0.15) is 0 Å². The SMILES string of the molecule is CS(=O)(=O)c1ncc(-c2cc(N)cc(-c3cnc(S(C)(=O)=O)nc3)c2)cn1. The number of hydrogen-bond acceptors (Lipinski definition) is 9. The van der Waals surface area contributed by atoms with Crippen LogP contribution in [0.3, 0.4) is 0 Å². The lowest BCUT2D eigenvalue weighted by Crippen LogP contribution is -2.04. The third-order valence-electron chi connectivity index (χ3n) is 3.54. The van der Waals surface area contributed by atoms with Crippen LogP contribution in [-0.2, 0) is 19.7 Å². The van der Waals surface area contributed by atoms with E-state index < -0.39 is 19.7 Å². The summed E-state index contributed by atoms with van der Waals surface area (Å²) < 4.78 is 45.9. The van der Waals surface area contributed by atoms with E-state index in [1.54, 1.807) is 18.2 Å². The molecule has 140 valence electrons. The van der Waals surface area contributed by atoms with Crippen molar-refractivity contribution in [2.45, 2.75) is 10.3 Å². The van der Waals surface area contributed by atoms with Crippen LogP contribution < -0.4 is 5.73 Å². The number of aromatic nitrogens is 4. The van der Waals surface area contributed by atoms with Gasteiger partial charge in [-0.15, -0.1) is 0 Å². The molecule has 2 aromatic heterocycles. The lowest BCUT2D eigenvalue weighted by atomic mass is 10.0. The standard InChI is InChI=1S/C16H15N5O4S2/c1-26(22,23)15-18-6-12(7-19-15)10-3-11(5-14(17)4-10)13-8-20-16(21-9-13)27(2,24)25/h3-9H,17H2,1-2H3. The zero-order valence-electron chi connectivity index (χ0n) is 14.4. The monoisotopic (exact) mass is 405 g/mol. The number of anilines is 1. The van der Waals surface area contributed by atoms with Crippen molar-refractivity contribution >= 4 is 25.4 Å². The molecule has 0 radical (unpaired) electrons. The molecule has 2 heterocycles. The van der Waals surface area contributed by atoms with Crippen LogP contribution in [-0.4, -0.2) is 49.3 Å². The molecule has 9 nitrogen and oxygen atoms in total.